The topological polar surface area (TPSA) is 135 Å². The lowest BCUT2D eigenvalue weighted by Crippen LogP contribution is -2.65. The molecule has 0 saturated heterocycles. The molecule has 3 fully saturated rings. The van der Waals surface area contributed by atoms with Crippen molar-refractivity contribution in [3.63, 3.8) is 0 Å². The standard InChI is InChI=1S/C30H46O7/c1-25(2,36)12-11-21(33)30(8,37)23-19(32)14-27(5)20-10-9-16-17(13-18(31)24(35)26(16,3)4)29(20,7)22(34)15-28(23,27)6/h9,11-12,17-20,23-24,31-32,35-37H,10,13-15H2,1-8H3/t17-,18-,19-,20-,23+,24-,27-,28+,29-,30?/m0/s1. The van der Waals surface area contributed by atoms with E-state index in [1.54, 1.807) is 0 Å². The SMILES string of the molecule is CC(C)(O)C=CC(=O)C(C)(O)[C@@H]1[C@@H](O)C[C@@]2(C)[C@@H]3CC=C4[C@H](C[C@H](O)[C@H](O)C4(C)C)[C@]3(C)C(=O)C[C@]12C. The lowest BCUT2D eigenvalue weighted by molar-refractivity contribution is -0.186. The van der Waals surface area contributed by atoms with Gasteiger partial charge in [0.15, 0.2) is 5.78 Å². The van der Waals surface area contributed by atoms with E-state index in [1.165, 1.54) is 32.9 Å². The summed E-state index contributed by atoms with van der Waals surface area (Å²) < 4.78 is 0. The second-order valence-electron chi connectivity index (χ2n) is 14.4. The van der Waals surface area contributed by atoms with Crippen LogP contribution in [0.15, 0.2) is 23.8 Å². The average Bonchev–Trinajstić information content (AvgIpc) is 2.96. The summed E-state index contributed by atoms with van der Waals surface area (Å²) in [5.41, 5.74) is -5.07. The second-order valence-corrected chi connectivity index (χ2v) is 14.4. The van der Waals surface area contributed by atoms with E-state index in [2.05, 4.69) is 13.0 Å². The molecule has 0 aromatic carbocycles. The molecule has 1 unspecified atom stereocenters. The van der Waals surface area contributed by atoms with E-state index in [0.29, 0.717) is 19.3 Å². The van der Waals surface area contributed by atoms with Crippen molar-refractivity contribution in [2.45, 2.75) is 111 Å². The van der Waals surface area contributed by atoms with Gasteiger partial charge in [0.1, 0.15) is 11.4 Å². The van der Waals surface area contributed by atoms with Gasteiger partial charge in [-0.1, -0.05) is 52.3 Å². The van der Waals surface area contributed by atoms with Gasteiger partial charge in [-0.2, -0.15) is 0 Å². The lowest BCUT2D eigenvalue weighted by Gasteiger charge is -2.65. The summed E-state index contributed by atoms with van der Waals surface area (Å²) in [6, 6.07) is 0. The molecule has 0 aromatic heterocycles. The number of fused-ring (bicyclic) bond motifs is 5. The molecular weight excluding hydrogens is 472 g/mol. The molecule has 3 saturated carbocycles. The molecule has 10 atom stereocenters. The fraction of sp³-hybridized carbons (Fsp3) is 0.800. The Kier molecular flexibility index (Phi) is 6.43. The minimum Gasteiger partial charge on any atom is -0.393 e. The summed E-state index contributed by atoms with van der Waals surface area (Å²) in [6.45, 7) is 14.3. The molecule has 37 heavy (non-hydrogen) atoms. The van der Waals surface area contributed by atoms with Gasteiger partial charge in [0, 0.05) is 23.2 Å². The normalized spacial score (nSPS) is 47.1. The van der Waals surface area contributed by atoms with Gasteiger partial charge in [0.2, 0.25) is 0 Å². The van der Waals surface area contributed by atoms with Crippen LogP contribution in [-0.4, -0.2) is 66.6 Å². The minimum atomic E-state index is -1.94. The van der Waals surface area contributed by atoms with Crippen LogP contribution in [0.3, 0.4) is 0 Å². The van der Waals surface area contributed by atoms with Crippen molar-refractivity contribution in [1.29, 1.82) is 0 Å². The monoisotopic (exact) mass is 518 g/mol. The number of carbonyl (C=O) groups excluding carboxylic acids is 2. The number of aliphatic hydroxyl groups is 5. The molecule has 5 N–H and O–H groups in total. The first-order valence-corrected chi connectivity index (χ1v) is 13.6. The fourth-order valence-corrected chi connectivity index (χ4v) is 9.15. The number of aliphatic hydroxyl groups excluding tert-OH is 3. The Morgan fingerprint density at radius 3 is 2.16 bits per heavy atom. The van der Waals surface area contributed by atoms with Crippen molar-refractivity contribution in [1.82, 2.24) is 0 Å². The van der Waals surface area contributed by atoms with Gasteiger partial charge in [-0.05, 0) is 68.8 Å². The molecular formula is C30H46O7. The van der Waals surface area contributed by atoms with Crippen molar-refractivity contribution in [3.05, 3.63) is 23.8 Å². The van der Waals surface area contributed by atoms with Gasteiger partial charge in [0.25, 0.3) is 0 Å². The average molecular weight is 519 g/mol. The number of carbonyl (C=O) groups is 2. The predicted octanol–water partition coefficient (Wildman–Crippen LogP) is 2.72. The van der Waals surface area contributed by atoms with Gasteiger partial charge in [0.05, 0.1) is 23.9 Å². The highest BCUT2D eigenvalue weighted by atomic mass is 16.3. The smallest absolute Gasteiger partial charge is 0.187 e. The van der Waals surface area contributed by atoms with Crippen LogP contribution >= 0.6 is 0 Å². The molecule has 4 aliphatic rings. The summed E-state index contributed by atoms with van der Waals surface area (Å²) >= 11 is 0. The molecule has 4 rings (SSSR count). The first-order chi connectivity index (χ1) is 16.7. The van der Waals surface area contributed by atoms with Gasteiger partial charge < -0.3 is 25.5 Å². The number of ketones is 2. The molecule has 0 aromatic rings. The van der Waals surface area contributed by atoms with E-state index in [1.807, 2.05) is 27.7 Å². The molecule has 7 nitrogen and oxygen atoms in total. The Labute approximate surface area is 220 Å². The number of Topliss-reactive ketones (excluding diaryl/α,β-unsaturated/α-hetero) is 1. The van der Waals surface area contributed by atoms with E-state index >= 15 is 0 Å². The minimum absolute atomic E-state index is 0.0156. The van der Waals surface area contributed by atoms with E-state index in [9.17, 15) is 35.1 Å². The van der Waals surface area contributed by atoms with Gasteiger partial charge in [-0.15, -0.1) is 0 Å². The number of hydrogen-bond donors (Lipinski definition) is 5. The molecule has 0 bridgehead atoms. The Morgan fingerprint density at radius 2 is 1.59 bits per heavy atom. The summed E-state index contributed by atoms with van der Waals surface area (Å²) in [6.07, 6.45) is 3.10. The highest BCUT2D eigenvalue weighted by molar-refractivity contribution is 5.97. The van der Waals surface area contributed by atoms with Gasteiger partial charge >= 0.3 is 0 Å². The van der Waals surface area contributed by atoms with Crippen LogP contribution in [-0.2, 0) is 9.59 Å². The molecule has 0 aliphatic heterocycles. The maximum absolute atomic E-state index is 14.2. The van der Waals surface area contributed by atoms with Crippen LogP contribution < -0.4 is 0 Å². The largest absolute Gasteiger partial charge is 0.393 e. The molecule has 7 heteroatoms. The predicted molar refractivity (Wildman–Crippen MR) is 139 cm³/mol. The first kappa shape index (κ1) is 28.6. The molecule has 0 heterocycles. The van der Waals surface area contributed by atoms with Crippen molar-refractivity contribution >= 4 is 11.6 Å². The fourth-order valence-electron chi connectivity index (χ4n) is 9.15. The Hall–Kier alpha value is -1.38. The van der Waals surface area contributed by atoms with Gasteiger partial charge in [-0.25, -0.2) is 0 Å². The van der Waals surface area contributed by atoms with Crippen LogP contribution in [0.25, 0.3) is 0 Å². The van der Waals surface area contributed by atoms with Crippen molar-refractivity contribution in [3.8, 4) is 0 Å². The number of allylic oxidation sites excluding steroid dienone is 1. The van der Waals surface area contributed by atoms with Crippen molar-refractivity contribution in [2.24, 2.45) is 39.4 Å². The Balaban J connectivity index is 1.79. The van der Waals surface area contributed by atoms with Crippen LogP contribution in [0.1, 0.15) is 81.1 Å². The third-order valence-electron chi connectivity index (χ3n) is 11.4. The third kappa shape index (κ3) is 3.79. The van der Waals surface area contributed by atoms with Crippen LogP contribution in [0.2, 0.25) is 0 Å². The quantitative estimate of drug-likeness (QED) is 0.285. The Bertz CT molecular complexity index is 1050. The first-order valence-electron chi connectivity index (χ1n) is 13.6. The number of rotatable bonds is 4. The zero-order chi connectivity index (χ0) is 28.1. The zero-order valence-electron chi connectivity index (χ0n) is 23.6. The summed E-state index contributed by atoms with van der Waals surface area (Å²) in [4.78, 5) is 27.4. The lowest BCUT2D eigenvalue weighted by atomic mass is 9.38. The molecule has 4 aliphatic carbocycles. The summed E-state index contributed by atoms with van der Waals surface area (Å²) in [5.74, 6) is -1.88. The summed E-state index contributed by atoms with van der Waals surface area (Å²) in [7, 11) is 0. The highest BCUT2D eigenvalue weighted by Crippen LogP contribution is 2.74. The maximum atomic E-state index is 14.2. The second kappa shape index (κ2) is 8.31. The van der Waals surface area contributed by atoms with E-state index in [4.69, 9.17) is 0 Å². The van der Waals surface area contributed by atoms with Crippen LogP contribution in [0, 0.1) is 39.4 Å². The van der Waals surface area contributed by atoms with Crippen molar-refractivity contribution < 1.29 is 35.1 Å². The molecule has 208 valence electrons. The molecule has 0 radical (unpaired) electrons. The van der Waals surface area contributed by atoms with E-state index < -0.39 is 62.9 Å². The van der Waals surface area contributed by atoms with E-state index in [-0.39, 0.29) is 24.0 Å². The Morgan fingerprint density at radius 1 is 1.00 bits per heavy atom. The maximum Gasteiger partial charge on any atom is 0.187 e. The summed E-state index contributed by atoms with van der Waals surface area (Å²) in [5, 5.41) is 54.6. The van der Waals surface area contributed by atoms with Crippen molar-refractivity contribution in [2.75, 3.05) is 0 Å². The van der Waals surface area contributed by atoms with Crippen LogP contribution in [0.4, 0.5) is 0 Å². The van der Waals surface area contributed by atoms with Gasteiger partial charge in [-0.3, -0.25) is 9.59 Å². The zero-order valence-corrected chi connectivity index (χ0v) is 23.6. The van der Waals surface area contributed by atoms with E-state index in [0.717, 1.165) is 5.57 Å². The molecule has 0 amide bonds. The molecule has 0 spiro atoms. The number of hydrogen-bond acceptors (Lipinski definition) is 7. The third-order valence-corrected chi connectivity index (χ3v) is 11.4. The van der Waals surface area contributed by atoms with Crippen LogP contribution in [0.5, 0.6) is 0 Å². The highest BCUT2D eigenvalue weighted by Gasteiger charge is 2.74.